The lowest BCUT2D eigenvalue weighted by molar-refractivity contribution is 0.104. The van der Waals surface area contributed by atoms with Gasteiger partial charge in [-0.15, -0.1) is 11.3 Å². The molecule has 3 rings (SSSR count). The Labute approximate surface area is 114 Å². The fourth-order valence-electron chi connectivity index (χ4n) is 2.04. The zero-order chi connectivity index (χ0) is 12.7. The van der Waals surface area contributed by atoms with Crippen molar-refractivity contribution in [3.05, 3.63) is 50.2 Å². The quantitative estimate of drug-likeness (QED) is 0.780. The van der Waals surface area contributed by atoms with E-state index in [1.165, 1.54) is 11.3 Å². The van der Waals surface area contributed by atoms with Crippen LogP contribution in [0.3, 0.4) is 0 Å². The lowest BCUT2D eigenvalue weighted by Gasteiger charge is -2.01. The fourth-order valence-corrected chi connectivity index (χ4v) is 3.20. The Morgan fingerprint density at radius 3 is 2.94 bits per heavy atom. The van der Waals surface area contributed by atoms with Crippen LogP contribution in [-0.4, -0.2) is 12.4 Å². The smallest absolute Gasteiger partial charge is 0.203 e. The first-order valence-electron chi connectivity index (χ1n) is 5.71. The van der Waals surface area contributed by atoms with E-state index in [2.05, 4.69) is 0 Å². The Kier molecular flexibility index (Phi) is 2.88. The molecule has 92 valence electrons. The van der Waals surface area contributed by atoms with Crippen LogP contribution in [0.15, 0.2) is 24.3 Å². The van der Waals surface area contributed by atoms with E-state index in [0.717, 1.165) is 23.3 Å². The summed E-state index contributed by atoms with van der Waals surface area (Å²) in [5, 5.41) is 0. The Balaban J connectivity index is 1.97. The van der Waals surface area contributed by atoms with E-state index in [1.54, 1.807) is 0 Å². The molecule has 4 heteroatoms. The molecular weight excluding hydrogens is 268 g/mol. The highest BCUT2D eigenvalue weighted by atomic mass is 35.5. The third kappa shape index (κ3) is 1.93. The second-order valence-electron chi connectivity index (χ2n) is 4.32. The standard InChI is InChI=1S/C14H11ClO2S/c1-8-6-12(18-14(8)15)13(16)10-2-3-11-9(7-10)4-5-17-11/h2-3,6-7H,4-5H2,1H3. The minimum atomic E-state index is 0.0321. The Hall–Kier alpha value is -1.32. The van der Waals surface area contributed by atoms with Gasteiger partial charge in [0.1, 0.15) is 5.75 Å². The molecule has 0 unspecified atom stereocenters. The number of hydrogen-bond donors (Lipinski definition) is 0. The number of carbonyl (C=O) groups is 1. The van der Waals surface area contributed by atoms with Crippen molar-refractivity contribution in [3.63, 3.8) is 0 Å². The number of aryl methyl sites for hydroxylation is 1. The van der Waals surface area contributed by atoms with Gasteiger partial charge in [-0.05, 0) is 42.3 Å². The van der Waals surface area contributed by atoms with Gasteiger partial charge in [0.2, 0.25) is 5.78 Å². The molecule has 1 aromatic carbocycles. The molecule has 2 nitrogen and oxygen atoms in total. The van der Waals surface area contributed by atoms with Crippen molar-refractivity contribution in [1.29, 1.82) is 0 Å². The first-order chi connectivity index (χ1) is 8.65. The van der Waals surface area contributed by atoms with Crippen LogP contribution in [0.2, 0.25) is 4.34 Å². The molecule has 0 amide bonds. The SMILES string of the molecule is Cc1cc(C(=O)c2ccc3c(c2)CCO3)sc1Cl. The highest BCUT2D eigenvalue weighted by molar-refractivity contribution is 7.18. The van der Waals surface area contributed by atoms with Crippen molar-refractivity contribution in [2.45, 2.75) is 13.3 Å². The van der Waals surface area contributed by atoms with Crippen LogP contribution >= 0.6 is 22.9 Å². The van der Waals surface area contributed by atoms with Gasteiger partial charge in [0, 0.05) is 12.0 Å². The van der Waals surface area contributed by atoms with E-state index in [1.807, 2.05) is 31.2 Å². The third-order valence-corrected chi connectivity index (χ3v) is 4.59. The minimum Gasteiger partial charge on any atom is -0.493 e. The van der Waals surface area contributed by atoms with Crippen molar-refractivity contribution < 1.29 is 9.53 Å². The van der Waals surface area contributed by atoms with Crippen LogP contribution in [0.5, 0.6) is 5.75 Å². The summed E-state index contributed by atoms with van der Waals surface area (Å²) >= 11 is 7.34. The summed E-state index contributed by atoms with van der Waals surface area (Å²) in [6.45, 7) is 2.61. The summed E-state index contributed by atoms with van der Waals surface area (Å²) in [6.07, 6.45) is 0.876. The second-order valence-corrected chi connectivity index (χ2v) is 5.97. The number of ether oxygens (including phenoxy) is 1. The van der Waals surface area contributed by atoms with E-state index < -0.39 is 0 Å². The molecule has 0 radical (unpaired) electrons. The molecule has 2 aromatic rings. The monoisotopic (exact) mass is 278 g/mol. The topological polar surface area (TPSA) is 26.3 Å². The first-order valence-corrected chi connectivity index (χ1v) is 6.91. The number of rotatable bonds is 2. The Bertz CT molecular complexity index is 611. The van der Waals surface area contributed by atoms with Gasteiger partial charge in [0.15, 0.2) is 0 Å². The van der Waals surface area contributed by atoms with Crippen LogP contribution in [0, 0.1) is 6.92 Å². The number of thiophene rings is 1. The largest absolute Gasteiger partial charge is 0.493 e. The number of fused-ring (bicyclic) bond motifs is 1. The predicted molar refractivity (Wildman–Crippen MR) is 73.1 cm³/mol. The summed E-state index contributed by atoms with van der Waals surface area (Å²) in [4.78, 5) is 13.0. The molecular formula is C14H11ClO2S. The predicted octanol–water partition coefficient (Wildman–Crippen LogP) is 3.88. The van der Waals surface area contributed by atoms with Crippen molar-refractivity contribution in [2.75, 3.05) is 6.61 Å². The summed E-state index contributed by atoms with van der Waals surface area (Å²) in [5.41, 5.74) is 2.77. The van der Waals surface area contributed by atoms with Gasteiger partial charge in [-0.1, -0.05) is 11.6 Å². The van der Waals surface area contributed by atoms with E-state index in [4.69, 9.17) is 16.3 Å². The molecule has 18 heavy (non-hydrogen) atoms. The summed E-state index contributed by atoms with van der Waals surface area (Å²) in [7, 11) is 0. The van der Waals surface area contributed by atoms with Gasteiger partial charge in [0.05, 0.1) is 15.8 Å². The molecule has 1 aromatic heterocycles. The van der Waals surface area contributed by atoms with Gasteiger partial charge >= 0.3 is 0 Å². The molecule has 0 bridgehead atoms. The maximum Gasteiger partial charge on any atom is 0.203 e. The average Bonchev–Trinajstić information content (AvgIpc) is 2.95. The average molecular weight is 279 g/mol. The summed E-state index contributed by atoms with van der Waals surface area (Å²) in [5.74, 6) is 0.927. The minimum absolute atomic E-state index is 0.0321. The summed E-state index contributed by atoms with van der Waals surface area (Å²) < 4.78 is 6.12. The van der Waals surface area contributed by atoms with Gasteiger partial charge < -0.3 is 4.74 Å². The summed E-state index contributed by atoms with van der Waals surface area (Å²) in [6, 6.07) is 7.46. The van der Waals surface area contributed by atoms with Gasteiger partial charge in [-0.2, -0.15) is 0 Å². The maximum absolute atomic E-state index is 12.3. The first kappa shape index (κ1) is 11.8. The van der Waals surface area contributed by atoms with Crippen LogP contribution in [0.4, 0.5) is 0 Å². The van der Waals surface area contributed by atoms with E-state index in [-0.39, 0.29) is 5.78 Å². The second kappa shape index (κ2) is 4.41. The Morgan fingerprint density at radius 2 is 2.22 bits per heavy atom. The molecule has 0 saturated carbocycles. The van der Waals surface area contributed by atoms with Crippen LogP contribution in [-0.2, 0) is 6.42 Å². The number of halogens is 1. The molecule has 0 atom stereocenters. The molecule has 2 heterocycles. The molecule has 0 saturated heterocycles. The van der Waals surface area contributed by atoms with Crippen molar-refractivity contribution in [2.24, 2.45) is 0 Å². The third-order valence-electron chi connectivity index (χ3n) is 3.03. The zero-order valence-corrected chi connectivity index (χ0v) is 11.4. The van der Waals surface area contributed by atoms with Crippen LogP contribution in [0.1, 0.15) is 26.4 Å². The fraction of sp³-hybridized carbons (Fsp3) is 0.214. The molecule has 0 fully saturated rings. The lowest BCUT2D eigenvalue weighted by atomic mass is 10.0. The highest BCUT2D eigenvalue weighted by Crippen LogP contribution is 2.31. The Morgan fingerprint density at radius 1 is 1.39 bits per heavy atom. The number of hydrogen-bond acceptors (Lipinski definition) is 3. The molecule has 0 N–H and O–H groups in total. The van der Waals surface area contributed by atoms with Gasteiger partial charge in [-0.3, -0.25) is 4.79 Å². The molecule has 0 spiro atoms. The molecule has 1 aliphatic heterocycles. The van der Waals surface area contributed by atoms with E-state index >= 15 is 0 Å². The highest BCUT2D eigenvalue weighted by Gasteiger charge is 2.18. The van der Waals surface area contributed by atoms with Crippen molar-refractivity contribution in [3.8, 4) is 5.75 Å². The van der Waals surface area contributed by atoms with Crippen LogP contribution in [0.25, 0.3) is 0 Å². The van der Waals surface area contributed by atoms with Crippen LogP contribution < -0.4 is 4.74 Å². The number of carbonyl (C=O) groups excluding carboxylic acids is 1. The molecule has 1 aliphatic rings. The number of ketones is 1. The van der Waals surface area contributed by atoms with Crippen molar-refractivity contribution in [1.82, 2.24) is 0 Å². The lowest BCUT2D eigenvalue weighted by Crippen LogP contribution is -1.98. The number of benzene rings is 1. The molecule has 0 aliphatic carbocycles. The van der Waals surface area contributed by atoms with E-state index in [0.29, 0.717) is 21.4 Å². The normalized spacial score (nSPS) is 13.2. The van der Waals surface area contributed by atoms with Crippen molar-refractivity contribution >= 4 is 28.7 Å². The maximum atomic E-state index is 12.3. The van der Waals surface area contributed by atoms with Gasteiger partial charge in [-0.25, -0.2) is 0 Å². The van der Waals surface area contributed by atoms with E-state index in [9.17, 15) is 4.79 Å². The van der Waals surface area contributed by atoms with Gasteiger partial charge in [0.25, 0.3) is 0 Å². The zero-order valence-electron chi connectivity index (χ0n) is 9.83.